The molecule has 3 aromatic rings. The van der Waals surface area contributed by atoms with E-state index in [1.807, 2.05) is 36.4 Å². The maximum atomic E-state index is 5.41. The third-order valence-electron chi connectivity index (χ3n) is 2.57. The zero-order valence-corrected chi connectivity index (χ0v) is 10.9. The van der Waals surface area contributed by atoms with Crippen LogP contribution in [0.3, 0.4) is 0 Å². The topological polar surface area (TPSA) is 35.0 Å². The van der Waals surface area contributed by atoms with Gasteiger partial charge in [0.25, 0.3) is 0 Å². The highest BCUT2D eigenvalue weighted by molar-refractivity contribution is 7.21. The van der Waals surface area contributed by atoms with Crippen LogP contribution in [0, 0.1) is 12.3 Å². The maximum Gasteiger partial charge on any atom is 0.148 e. The van der Waals surface area contributed by atoms with E-state index in [1.165, 1.54) is 0 Å². The highest BCUT2D eigenvalue weighted by Gasteiger charge is 2.07. The number of hydrogen-bond acceptors (Lipinski definition) is 4. The van der Waals surface area contributed by atoms with Crippen LogP contribution in [0.4, 0.5) is 0 Å². The van der Waals surface area contributed by atoms with Gasteiger partial charge in [-0.15, -0.1) is 17.8 Å². The summed E-state index contributed by atoms with van der Waals surface area (Å²) in [5.74, 6) is 3.22. The summed E-state index contributed by atoms with van der Waals surface area (Å²) in [4.78, 5) is 8.87. The van der Waals surface area contributed by atoms with E-state index in [2.05, 4.69) is 15.9 Å². The van der Waals surface area contributed by atoms with E-state index in [0.717, 1.165) is 26.7 Å². The van der Waals surface area contributed by atoms with Crippen molar-refractivity contribution in [3.63, 3.8) is 0 Å². The number of hydrogen-bond donors (Lipinski definition) is 0. The van der Waals surface area contributed by atoms with Gasteiger partial charge in [0.05, 0.1) is 15.9 Å². The summed E-state index contributed by atoms with van der Waals surface area (Å²) in [7, 11) is 0. The Labute approximate surface area is 114 Å². The number of rotatable bonds is 3. The van der Waals surface area contributed by atoms with Crippen molar-refractivity contribution in [2.75, 3.05) is 6.61 Å². The molecule has 19 heavy (non-hydrogen) atoms. The molecule has 0 aliphatic rings. The fraction of sp³-hybridized carbons (Fsp3) is 0.0667. The number of pyridine rings is 1. The molecule has 0 aliphatic heterocycles. The predicted octanol–water partition coefficient (Wildman–Crippen LogP) is 3.37. The van der Waals surface area contributed by atoms with E-state index < -0.39 is 0 Å². The van der Waals surface area contributed by atoms with Crippen molar-refractivity contribution in [1.29, 1.82) is 0 Å². The Morgan fingerprint density at radius 3 is 3.00 bits per heavy atom. The van der Waals surface area contributed by atoms with Crippen LogP contribution in [-0.2, 0) is 0 Å². The van der Waals surface area contributed by atoms with E-state index in [1.54, 1.807) is 17.5 Å². The summed E-state index contributed by atoms with van der Waals surface area (Å²) < 4.78 is 6.47. The van der Waals surface area contributed by atoms with E-state index >= 15 is 0 Å². The van der Waals surface area contributed by atoms with Crippen LogP contribution in [0.25, 0.3) is 20.9 Å². The van der Waals surface area contributed by atoms with Crippen LogP contribution in [0.1, 0.15) is 0 Å². The van der Waals surface area contributed by atoms with Gasteiger partial charge in [0.15, 0.2) is 0 Å². The smallest absolute Gasteiger partial charge is 0.148 e. The average Bonchev–Trinajstić information content (AvgIpc) is 2.89. The van der Waals surface area contributed by atoms with Gasteiger partial charge in [-0.05, 0) is 30.3 Å². The lowest BCUT2D eigenvalue weighted by atomic mass is 10.3. The van der Waals surface area contributed by atoms with Gasteiger partial charge in [-0.25, -0.2) is 4.98 Å². The highest BCUT2D eigenvalue weighted by Crippen LogP contribution is 2.31. The highest BCUT2D eigenvalue weighted by atomic mass is 32.1. The molecule has 3 nitrogen and oxygen atoms in total. The molecule has 92 valence electrons. The van der Waals surface area contributed by atoms with Crippen molar-refractivity contribution in [2.45, 2.75) is 0 Å². The summed E-state index contributed by atoms with van der Waals surface area (Å²) in [6.07, 6.45) is 6.94. The molecule has 4 heteroatoms. The van der Waals surface area contributed by atoms with Crippen molar-refractivity contribution in [2.24, 2.45) is 0 Å². The molecule has 0 saturated carbocycles. The summed E-state index contributed by atoms with van der Waals surface area (Å²) in [6, 6.07) is 11.6. The fourth-order valence-electron chi connectivity index (χ4n) is 1.72. The number of terminal acetylenes is 1. The quantitative estimate of drug-likeness (QED) is 0.682. The lowest BCUT2D eigenvalue weighted by Gasteiger charge is -2.00. The van der Waals surface area contributed by atoms with Gasteiger partial charge in [0.2, 0.25) is 0 Å². The first-order chi connectivity index (χ1) is 9.36. The van der Waals surface area contributed by atoms with E-state index in [-0.39, 0.29) is 6.61 Å². The Kier molecular flexibility index (Phi) is 3.13. The van der Waals surface area contributed by atoms with Gasteiger partial charge >= 0.3 is 0 Å². The van der Waals surface area contributed by atoms with Crippen LogP contribution < -0.4 is 4.74 Å². The molecule has 0 N–H and O–H groups in total. The van der Waals surface area contributed by atoms with Gasteiger partial charge in [0, 0.05) is 6.20 Å². The number of aromatic nitrogens is 2. The van der Waals surface area contributed by atoms with E-state index in [4.69, 9.17) is 11.2 Å². The normalized spacial score (nSPS) is 10.3. The van der Waals surface area contributed by atoms with Gasteiger partial charge in [0.1, 0.15) is 17.4 Å². The first-order valence-corrected chi connectivity index (χ1v) is 6.57. The summed E-state index contributed by atoms with van der Waals surface area (Å²) in [5, 5.41) is 0.907. The first kappa shape index (κ1) is 11.7. The van der Waals surface area contributed by atoms with Crippen molar-refractivity contribution < 1.29 is 4.74 Å². The molecule has 0 saturated heterocycles. The standard InChI is InChI=1S/C15H10N2OS/c1-2-9-18-11-6-7-12-14(10-11)19-15(17-12)13-5-3-4-8-16-13/h1,3-8,10H,9H2. The van der Waals surface area contributed by atoms with Gasteiger partial charge in [-0.3, -0.25) is 4.98 Å². The summed E-state index contributed by atoms with van der Waals surface area (Å²) in [6.45, 7) is 0.275. The molecule has 0 fully saturated rings. The van der Waals surface area contributed by atoms with Crippen LogP contribution in [0.15, 0.2) is 42.6 Å². The largest absolute Gasteiger partial charge is 0.481 e. The number of nitrogens with zero attached hydrogens (tertiary/aromatic N) is 2. The zero-order chi connectivity index (χ0) is 13.1. The minimum absolute atomic E-state index is 0.275. The number of benzene rings is 1. The molecule has 0 atom stereocenters. The first-order valence-electron chi connectivity index (χ1n) is 5.75. The Morgan fingerprint density at radius 2 is 2.21 bits per heavy atom. The molecule has 1 aromatic carbocycles. The second kappa shape index (κ2) is 5.09. The summed E-state index contributed by atoms with van der Waals surface area (Å²) in [5.41, 5.74) is 1.83. The van der Waals surface area contributed by atoms with Crippen LogP contribution in [-0.4, -0.2) is 16.6 Å². The SMILES string of the molecule is C#CCOc1ccc2nc(-c3ccccn3)sc2c1. The summed E-state index contributed by atoms with van der Waals surface area (Å²) >= 11 is 1.59. The second-order valence-electron chi connectivity index (χ2n) is 3.86. The molecular formula is C15H10N2OS. The van der Waals surface area contributed by atoms with Crippen molar-refractivity contribution >= 4 is 21.6 Å². The lowest BCUT2D eigenvalue weighted by molar-refractivity contribution is 0.371. The minimum Gasteiger partial charge on any atom is -0.481 e. The molecular weight excluding hydrogens is 256 g/mol. The van der Waals surface area contributed by atoms with Gasteiger partial charge in [-0.2, -0.15) is 0 Å². The Balaban J connectivity index is 2.00. The second-order valence-corrected chi connectivity index (χ2v) is 4.89. The van der Waals surface area contributed by atoms with Gasteiger partial charge < -0.3 is 4.74 Å². The number of ether oxygens (including phenoxy) is 1. The number of fused-ring (bicyclic) bond motifs is 1. The number of thiazole rings is 1. The van der Waals surface area contributed by atoms with Gasteiger partial charge in [-0.1, -0.05) is 12.0 Å². The van der Waals surface area contributed by atoms with Crippen molar-refractivity contribution in [1.82, 2.24) is 9.97 Å². The third kappa shape index (κ3) is 2.42. The molecule has 0 radical (unpaired) electrons. The molecule has 2 heterocycles. The van der Waals surface area contributed by atoms with E-state index in [9.17, 15) is 0 Å². The molecule has 3 rings (SSSR count). The Bertz CT molecular complexity index is 744. The van der Waals surface area contributed by atoms with Crippen molar-refractivity contribution in [3.05, 3.63) is 42.6 Å². The molecule has 0 unspecified atom stereocenters. The molecule has 0 aliphatic carbocycles. The van der Waals surface area contributed by atoms with Crippen LogP contribution in [0.2, 0.25) is 0 Å². The Hall–Kier alpha value is -2.38. The van der Waals surface area contributed by atoms with Crippen LogP contribution >= 0.6 is 11.3 Å². The monoisotopic (exact) mass is 266 g/mol. The van der Waals surface area contributed by atoms with E-state index in [0.29, 0.717) is 0 Å². The lowest BCUT2D eigenvalue weighted by Crippen LogP contribution is -1.92. The average molecular weight is 266 g/mol. The molecule has 0 spiro atoms. The molecule has 0 amide bonds. The van der Waals surface area contributed by atoms with Crippen molar-refractivity contribution in [3.8, 4) is 28.8 Å². The maximum absolute atomic E-state index is 5.41. The zero-order valence-electron chi connectivity index (χ0n) is 10.0. The van der Waals surface area contributed by atoms with Crippen LogP contribution in [0.5, 0.6) is 5.75 Å². The Morgan fingerprint density at radius 1 is 1.26 bits per heavy atom. The fourth-order valence-corrected chi connectivity index (χ4v) is 2.69. The minimum atomic E-state index is 0.275. The third-order valence-corrected chi connectivity index (χ3v) is 3.61. The predicted molar refractivity (Wildman–Crippen MR) is 77.2 cm³/mol. The molecule has 0 bridgehead atoms. The molecule has 2 aromatic heterocycles.